The van der Waals surface area contributed by atoms with Crippen LogP contribution in [0.5, 0.6) is 0 Å². The Morgan fingerprint density at radius 3 is 2.43 bits per heavy atom. The fourth-order valence-corrected chi connectivity index (χ4v) is 3.52. The van der Waals surface area contributed by atoms with Gasteiger partial charge in [-0.15, -0.1) is 0 Å². The molecule has 4 rings (SSSR count). The molecule has 0 bridgehead atoms. The van der Waals surface area contributed by atoms with Crippen molar-refractivity contribution in [1.29, 1.82) is 0 Å². The summed E-state index contributed by atoms with van der Waals surface area (Å²) >= 11 is 0. The van der Waals surface area contributed by atoms with Gasteiger partial charge in [-0.2, -0.15) is 0 Å². The summed E-state index contributed by atoms with van der Waals surface area (Å²) in [6.45, 7) is 2.03. The van der Waals surface area contributed by atoms with Crippen LogP contribution >= 0.6 is 0 Å². The smallest absolute Gasteiger partial charge is 0.251 e. The first kappa shape index (κ1) is 18.1. The van der Waals surface area contributed by atoms with Crippen molar-refractivity contribution in [3.63, 3.8) is 0 Å². The number of amides is 1. The predicted octanol–water partition coefficient (Wildman–Crippen LogP) is 5.01. The Balaban J connectivity index is 1.47. The van der Waals surface area contributed by atoms with Gasteiger partial charge in [-0.05, 0) is 61.4 Å². The molecule has 1 amide bonds. The maximum Gasteiger partial charge on any atom is 0.251 e. The summed E-state index contributed by atoms with van der Waals surface area (Å²) < 4.78 is 5.89. The van der Waals surface area contributed by atoms with E-state index in [0.717, 1.165) is 34.0 Å². The number of carbonyl (C=O) groups excluding carboxylic acids is 1. The number of para-hydroxylation sites is 1. The molecule has 0 fully saturated rings. The summed E-state index contributed by atoms with van der Waals surface area (Å²) in [4.78, 5) is 14.5. The average Bonchev–Trinajstić information content (AvgIpc) is 3.06. The first-order valence-electron chi connectivity index (χ1n) is 9.49. The Morgan fingerprint density at radius 2 is 1.68 bits per heavy atom. The van der Waals surface area contributed by atoms with E-state index in [2.05, 4.69) is 23.5 Å². The van der Waals surface area contributed by atoms with Crippen LogP contribution in [0.15, 0.2) is 71.1 Å². The average molecular weight is 372 g/mol. The Hall–Kier alpha value is -3.27. The summed E-state index contributed by atoms with van der Waals surface area (Å²) in [5, 5.41) is 5.34. The number of furan rings is 1. The molecule has 4 aromatic rings. The first-order valence-corrected chi connectivity index (χ1v) is 9.49. The summed E-state index contributed by atoms with van der Waals surface area (Å²) in [6, 6.07) is 22.0. The molecule has 4 nitrogen and oxygen atoms in total. The van der Waals surface area contributed by atoms with E-state index in [1.165, 1.54) is 5.56 Å². The zero-order valence-electron chi connectivity index (χ0n) is 16.4. The molecular weight excluding hydrogens is 348 g/mol. The van der Waals surface area contributed by atoms with Gasteiger partial charge in [-0.25, -0.2) is 0 Å². The minimum atomic E-state index is -0.0485. The van der Waals surface area contributed by atoms with E-state index in [1.54, 1.807) is 0 Å². The van der Waals surface area contributed by atoms with Crippen molar-refractivity contribution in [3.05, 3.63) is 77.9 Å². The molecule has 0 saturated carbocycles. The summed E-state index contributed by atoms with van der Waals surface area (Å²) in [5.74, 6) is -0.0485. The zero-order chi connectivity index (χ0) is 19.7. The number of nitrogens with one attached hydrogen (secondary N) is 1. The van der Waals surface area contributed by atoms with Crippen molar-refractivity contribution >= 4 is 33.5 Å². The first-order chi connectivity index (χ1) is 13.5. The van der Waals surface area contributed by atoms with Gasteiger partial charge in [0, 0.05) is 42.2 Å². The highest BCUT2D eigenvalue weighted by Crippen LogP contribution is 2.29. The van der Waals surface area contributed by atoms with E-state index in [9.17, 15) is 4.79 Å². The van der Waals surface area contributed by atoms with E-state index in [1.807, 2.05) is 74.4 Å². The van der Waals surface area contributed by atoms with E-state index in [0.29, 0.717) is 5.56 Å². The highest BCUT2D eigenvalue weighted by molar-refractivity contribution is 6.05. The maximum atomic E-state index is 12.5. The second-order valence-electron chi connectivity index (χ2n) is 7.45. The second-order valence-corrected chi connectivity index (χ2v) is 7.45. The predicted molar refractivity (Wildman–Crippen MR) is 115 cm³/mol. The van der Waals surface area contributed by atoms with E-state index < -0.39 is 0 Å². The lowest BCUT2D eigenvalue weighted by Gasteiger charge is -2.15. The highest BCUT2D eigenvalue weighted by Gasteiger charge is 2.12. The summed E-state index contributed by atoms with van der Waals surface area (Å²) in [5.41, 5.74) is 4.72. The number of nitrogens with zero attached hydrogens (tertiary/aromatic N) is 1. The number of rotatable bonds is 5. The number of carbonyl (C=O) groups is 1. The van der Waals surface area contributed by atoms with Crippen molar-refractivity contribution < 1.29 is 9.21 Å². The number of hydrogen-bond donors (Lipinski definition) is 1. The van der Waals surface area contributed by atoms with Crippen molar-refractivity contribution in [2.45, 2.75) is 19.4 Å². The Bertz CT molecular complexity index is 1130. The number of anilines is 1. The molecule has 1 N–H and O–H groups in total. The van der Waals surface area contributed by atoms with Crippen molar-refractivity contribution in [3.8, 4) is 0 Å². The lowest BCUT2D eigenvalue weighted by molar-refractivity contribution is 0.0940. The molecular formula is C24H24N2O2. The molecule has 0 aliphatic carbocycles. The van der Waals surface area contributed by atoms with Crippen molar-refractivity contribution in [2.24, 2.45) is 0 Å². The number of hydrogen-bond acceptors (Lipinski definition) is 3. The molecule has 1 heterocycles. The fourth-order valence-electron chi connectivity index (χ4n) is 3.52. The molecule has 0 unspecified atom stereocenters. The van der Waals surface area contributed by atoms with Crippen molar-refractivity contribution in [2.75, 3.05) is 19.0 Å². The lowest BCUT2D eigenvalue weighted by atomic mass is 10.0. The van der Waals surface area contributed by atoms with Gasteiger partial charge >= 0.3 is 0 Å². The maximum absolute atomic E-state index is 12.5. The van der Waals surface area contributed by atoms with Gasteiger partial charge in [0.15, 0.2) is 0 Å². The second kappa shape index (κ2) is 7.39. The summed E-state index contributed by atoms with van der Waals surface area (Å²) in [6.07, 6.45) is 0.761. The molecule has 0 radical (unpaired) electrons. The largest absolute Gasteiger partial charge is 0.456 e. The van der Waals surface area contributed by atoms with Crippen LogP contribution in [0.4, 0.5) is 5.69 Å². The fraction of sp³-hybridized carbons (Fsp3) is 0.208. The number of fused-ring (bicyclic) bond motifs is 3. The molecule has 3 aromatic carbocycles. The third-order valence-corrected chi connectivity index (χ3v) is 5.01. The van der Waals surface area contributed by atoms with Crippen LogP contribution in [-0.4, -0.2) is 26.0 Å². The van der Waals surface area contributed by atoms with Gasteiger partial charge in [-0.1, -0.05) is 24.3 Å². The van der Waals surface area contributed by atoms with Crippen LogP contribution in [0, 0.1) is 0 Å². The minimum Gasteiger partial charge on any atom is -0.456 e. The SMILES string of the molecule is C[C@H](Cc1ccc2oc3ccccc3c2c1)NC(=O)c1ccc(N(C)C)cc1. The van der Waals surface area contributed by atoms with Gasteiger partial charge < -0.3 is 14.6 Å². The molecule has 142 valence electrons. The van der Waals surface area contributed by atoms with Crippen LogP contribution in [-0.2, 0) is 6.42 Å². The van der Waals surface area contributed by atoms with Crippen LogP contribution in [0.2, 0.25) is 0 Å². The van der Waals surface area contributed by atoms with Gasteiger partial charge in [-0.3, -0.25) is 4.79 Å². The van der Waals surface area contributed by atoms with E-state index in [4.69, 9.17) is 4.42 Å². The topological polar surface area (TPSA) is 45.5 Å². The normalized spacial score (nSPS) is 12.2. The van der Waals surface area contributed by atoms with Gasteiger partial charge in [0.25, 0.3) is 5.91 Å². The van der Waals surface area contributed by atoms with Gasteiger partial charge in [0.1, 0.15) is 11.2 Å². The molecule has 0 aliphatic rings. The third kappa shape index (κ3) is 3.58. The van der Waals surface area contributed by atoms with Crippen LogP contribution in [0.1, 0.15) is 22.8 Å². The van der Waals surface area contributed by atoms with Crippen LogP contribution in [0.3, 0.4) is 0 Å². The molecule has 0 saturated heterocycles. The summed E-state index contributed by atoms with van der Waals surface area (Å²) in [7, 11) is 3.97. The van der Waals surface area contributed by atoms with Gasteiger partial charge in [0.05, 0.1) is 0 Å². The standard InChI is InChI=1S/C24H24N2O2/c1-16(25-24(27)18-9-11-19(12-10-18)26(2)3)14-17-8-13-23-21(15-17)20-6-4-5-7-22(20)28-23/h4-13,15-16H,14H2,1-3H3,(H,25,27)/t16-/m1/s1. The minimum absolute atomic E-state index is 0.0247. The molecule has 4 heteroatoms. The monoisotopic (exact) mass is 372 g/mol. The number of benzene rings is 3. The lowest BCUT2D eigenvalue weighted by Crippen LogP contribution is -2.34. The molecule has 28 heavy (non-hydrogen) atoms. The molecule has 0 spiro atoms. The third-order valence-electron chi connectivity index (χ3n) is 5.01. The highest BCUT2D eigenvalue weighted by atomic mass is 16.3. The Morgan fingerprint density at radius 1 is 0.964 bits per heavy atom. The Labute approximate surface area is 164 Å². The van der Waals surface area contributed by atoms with Crippen LogP contribution in [0.25, 0.3) is 21.9 Å². The molecule has 1 aromatic heterocycles. The quantitative estimate of drug-likeness (QED) is 0.535. The molecule has 0 aliphatic heterocycles. The van der Waals surface area contributed by atoms with Gasteiger partial charge in [0.2, 0.25) is 0 Å². The van der Waals surface area contributed by atoms with Crippen molar-refractivity contribution in [1.82, 2.24) is 5.32 Å². The Kier molecular flexibility index (Phi) is 4.78. The van der Waals surface area contributed by atoms with E-state index >= 15 is 0 Å². The van der Waals surface area contributed by atoms with E-state index in [-0.39, 0.29) is 11.9 Å². The van der Waals surface area contributed by atoms with Crippen LogP contribution < -0.4 is 10.2 Å². The molecule has 1 atom stereocenters. The zero-order valence-corrected chi connectivity index (χ0v) is 16.4.